The number of carbonyl (C=O) groups excluding carboxylic acids is 1. The first-order chi connectivity index (χ1) is 15.2. The Morgan fingerprint density at radius 1 is 1.23 bits per heavy atom. The van der Waals surface area contributed by atoms with Crippen LogP contribution in [-0.4, -0.2) is 58.3 Å². The minimum atomic E-state index is 0.238. The monoisotopic (exact) mass is 425 g/mol. The highest BCUT2D eigenvalue weighted by molar-refractivity contribution is 6.07. The molecule has 166 valence electrons. The smallest absolute Gasteiger partial charge is 0.222 e. The van der Waals surface area contributed by atoms with E-state index in [1.165, 1.54) is 0 Å². The van der Waals surface area contributed by atoms with Gasteiger partial charge in [0.15, 0.2) is 5.82 Å². The maximum atomic E-state index is 12.3. The van der Waals surface area contributed by atoms with Gasteiger partial charge in [-0.15, -0.1) is 0 Å². The van der Waals surface area contributed by atoms with Gasteiger partial charge in [-0.2, -0.15) is 0 Å². The van der Waals surface area contributed by atoms with Gasteiger partial charge in [0.1, 0.15) is 5.52 Å². The summed E-state index contributed by atoms with van der Waals surface area (Å²) in [6, 6.07) is 6.04. The second-order valence-corrected chi connectivity index (χ2v) is 7.88. The summed E-state index contributed by atoms with van der Waals surface area (Å²) in [4.78, 5) is 23.3. The quantitative estimate of drug-likeness (QED) is 0.529. The minimum absolute atomic E-state index is 0.238. The first kappa shape index (κ1) is 21.5. The predicted octanol–water partition coefficient (Wildman–Crippen LogP) is 3.12. The van der Waals surface area contributed by atoms with Crippen molar-refractivity contribution in [2.75, 3.05) is 38.6 Å². The molecule has 31 heavy (non-hydrogen) atoms. The Labute approximate surface area is 182 Å². The summed E-state index contributed by atoms with van der Waals surface area (Å²) in [5, 5.41) is 1.06. The van der Waals surface area contributed by atoms with Gasteiger partial charge in [-0.05, 0) is 31.4 Å². The van der Waals surface area contributed by atoms with Gasteiger partial charge >= 0.3 is 0 Å². The number of hydrogen-bond donors (Lipinski definition) is 1. The van der Waals surface area contributed by atoms with Gasteiger partial charge in [0.2, 0.25) is 5.91 Å². The molecule has 2 N–H and O–H groups in total. The van der Waals surface area contributed by atoms with Crippen molar-refractivity contribution in [2.24, 2.45) is 0 Å². The second kappa shape index (κ2) is 10.1. The van der Waals surface area contributed by atoms with Crippen molar-refractivity contribution in [3.8, 4) is 0 Å². The number of nitrogens with two attached hydrogens (primary N) is 1. The van der Waals surface area contributed by atoms with Crippen LogP contribution in [0.4, 0.5) is 5.82 Å². The Bertz CT molecular complexity index is 1040. The summed E-state index contributed by atoms with van der Waals surface area (Å²) in [5.41, 5.74) is 9.90. The SMILES string of the molecule is CCOCc1cccc2nc(N)c3ncn(CCCCCC(=O)N4CCOCC4)c3c12. The van der Waals surface area contributed by atoms with Crippen LogP contribution in [-0.2, 0) is 27.4 Å². The number of aromatic nitrogens is 3. The number of morpholine rings is 1. The molecule has 1 aliphatic heterocycles. The lowest BCUT2D eigenvalue weighted by molar-refractivity contribution is -0.135. The number of hydrogen-bond acceptors (Lipinski definition) is 6. The van der Waals surface area contributed by atoms with Crippen molar-refractivity contribution in [1.82, 2.24) is 19.4 Å². The van der Waals surface area contributed by atoms with Crippen molar-refractivity contribution in [2.45, 2.75) is 45.8 Å². The van der Waals surface area contributed by atoms with Gasteiger partial charge in [-0.25, -0.2) is 9.97 Å². The number of rotatable bonds is 9. The highest BCUT2D eigenvalue weighted by atomic mass is 16.5. The van der Waals surface area contributed by atoms with Gasteiger partial charge in [0.05, 0.1) is 37.2 Å². The molecule has 0 unspecified atom stereocenters. The highest BCUT2D eigenvalue weighted by Crippen LogP contribution is 2.30. The summed E-state index contributed by atoms with van der Waals surface area (Å²) < 4.78 is 13.2. The molecule has 0 atom stereocenters. The number of ether oxygens (including phenoxy) is 2. The van der Waals surface area contributed by atoms with Crippen LogP contribution in [0.25, 0.3) is 21.9 Å². The maximum Gasteiger partial charge on any atom is 0.222 e. The van der Waals surface area contributed by atoms with E-state index in [2.05, 4.69) is 20.6 Å². The molecule has 1 saturated heterocycles. The zero-order valence-corrected chi connectivity index (χ0v) is 18.2. The molecule has 4 rings (SSSR count). The van der Waals surface area contributed by atoms with E-state index in [0.717, 1.165) is 53.3 Å². The maximum absolute atomic E-state index is 12.3. The van der Waals surface area contributed by atoms with E-state index in [4.69, 9.17) is 15.2 Å². The molecular weight excluding hydrogens is 394 g/mol. The molecule has 3 heterocycles. The van der Waals surface area contributed by atoms with Crippen LogP contribution >= 0.6 is 0 Å². The largest absolute Gasteiger partial charge is 0.382 e. The van der Waals surface area contributed by atoms with Crippen LogP contribution in [0.5, 0.6) is 0 Å². The molecular formula is C23H31N5O3. The topological polar surface area (TPSA) is 95.5 Å². The second-order valence-electron chi connectivity index (χ2n) is 7.88. The van der Waals surface area contributed by atoms with E-state index in [1.54, 1.807) is 0 Å². The summed E-state index contributed by atoms with van der Waals surface area (Å²) in [7, 11) is 0. The third-order valence-electron chi connectivity index (χ3n) is 5.80. The lowest BCUT2D eigenvalue weighted by Crippen LogP contribution is -2.40. The van der Waals surface area contributed by atoms with Crippen LogP contribution in [0.3, 0.4) is 0 Å². The predicted molar refractivity (Wildman–Crippen MR) is 121 cm³/mol. The van der Waals surface area contributed by atoms with Gasteiger partial charge in [0, 0.05) is 38.0 Å². The minimum Gasteiger partial charge on any atom is -0.382 e. The number of carbonyl (C=O) groups is 1. The fraction of sp³-hybridized carbons (Fsp3) is 0.522. The molecule has 8 heteroatoms. The lowest BCUT2D eigenvalue weighted by atomic mass is 10.1. The average Bonchev–Trinajstić information content (AvgIpc) is 3.22. The molecule has 2 aromatic heterocycles. The average molecular weight is 426 g/mol. The van der Waals surface area contributed by atoms with Gasteiger partial charge < -0.3 is 24.7 Å². The van der Waals surface area contributed by atoms with Crippen molar-refractivity contribution in [3.05, 3.63) is 30.1 Å². The summed E-state index contributed by atoms with van der Waals surface area (Å²) >= 11 is 0. The molecule has 1 amide bonds. The van der Waals surface area contributed by atoms with E-state index in [0.29, 0.717) is 51.8 Å². The molecule has 0 radical (unpaired) electrons. The van der Waals surface area contributed by atoms with Gasteiger partial charge in [-0.1, -0.05) is 18.6 Å². The number of pyridine rings is 1. The standard InChI is InChI=1S/C23H31N5O3/c1-2-30-15-17-7-6-8-18-20(17)22-21(23(24)26-18)25-16-28(22)10-5-3-4-9-19(29)27-11-13-31-14-12-27/h6-8,16H,2-5,9-15H2,1H3,(H2,24,26). The number of benzene rings is 1. The van der Waals surface area contributed by atoms with Crippen LogP contribution in [0.15, 0.2) is 24.5 Å². The zero-order valence-electron chi connectivity index (χ0n) is 18.2. The third-order valence-corrected chi connectivity index (χ3v) is 5.80. The van der Waals surface area contributed by atoms with Crippen molar-refractivity contribution in [3.63, 3.8) is 0 Å². The molecule has 1 aliphatic rings. The van der Waals surface area contributed by atoms with Crippen LogP contribution in [0, 0.1) is 0 Å². The number of nitrogens with zero attached hydrogens (tertiary/aromatic N) is 4. The fourth-order valence-electron chi connectivity index (χ4n) is 4.18. The van der Waals surface area contributed by atoms with E-state index >= 15 is 0 Å². The zero-order chi connectivity index (χ0) is 21.6. The van der Waals surface area contributed by atoms with Crippen molar-refractivity contribution >= 4 is 33.7 Å². The number of nitrogen functional groups attached to an aromatic ring is 1. The molecule has 3 aromatic rings. The van der Waals surface area contributed by atoms with Crippen LogP contribution < -0.4 is 5.73 Å². The number of anilines is 1. The summed E-state index contributed by atoms with van der Waals surface area (Å²) in [5.74, 6) is 0.688. The number of fused-ring (bicyclic) bond motifs is 3. The number of aryl methyl sites for hydroxylation is 1. The Hall–Kier alpha value is -2.71. The van der Waals surface area contributed by atoms with Crippen molar-refractivity contribution in [1.29, 1.82) is 0 Å². The van der Waals surface area contributed by atoms with E-state index in [1.807, 2.05) is 30.3 Å². The summed E-state index contributed by atoms with van der Waals surface area (Å²) in [6.45, 7) is 6.73. The van der Waals surface area contributed by atoms with E-state index in [-0.39, 0.29) is 5.91 Å². The van der Waals surface area contributed by atoms with Gasteiger partial charge in [-0.3, -0.25) is 4.79 Å². The summed E-state index contributed by atoms with van der Waals surface area (Å²) in [6.07, 6.45) is 5.30. The molecule has 8 nitrogen and oxygen atoms in total. The molecule has 0 spiro atoms. The normalized spacial score (nSPS) is 14.5. The Morgan fingerprint density at radius 3 is 2.87 bits per heavy atom. The fourth-order valence-corrected chi connectivity index (χ4v) is 4.18. The third kappa shape index (κ3) is 4.80. The first-order valence-corrected chi connectivity index (χ1v) is 11.1. The number of imidazole rings is 1. The molecule has 0 aliphatic carbocycles. The highest BCUT2D eigenvalue weighted by Gasteiger charge is 2.17. The van der Waals surface area contributed by atoms with Crippen molar-refractivity contribution < 1.29 is 14.3 Å². The first-order valence-electron chi connectivity index (χ1n) is 11.1. The lowest BCUT2D eigenvalue weighted by Gasteiger charge is -2.26. The van der Waals surface area contributed by atoms with Crippen LogP contribution in [0.1, 0.15) is 38.2 Å². The number of amides is 1. The van der Waals surface area contributed by atoms with E-state index < -0.39 is 0 Å². The molecule has 0 saturated carbocycles. The van der Waals surface area contributed by atoms with Gasteiger partial charge in [0.25, 0.3) is 0 Å². The molecule has 0 bridgehead atoms. The Morgan fingerprint density at radius 2 is 2.06 bits per heavy atom. The number of unbranched alkanes of at least 4 members (excludes halogenated alkanes) is 2. The molecule has 1 fully saturated rings. The Balaban J connectivity index is 1.44. The molecule has 1 aromatic carbocycles. The van der Waals surface area contributed by atoms with E-state index in [9.17, 15) is 4.79 Å². The Kier molecular flexibility index (Phi) is 6.99. The van der Waals surface area contributed by atoms with Crippen LogP contribution in [0.2, 0.25) is 0 Å².